The maximum atomic E-state index is 13.1. The standard InChI is InChI=1S/C16H22BF3O2/c1-13(2,16(18,19)20)11-7-9-12(10-8-11)17-21-14(3,4)15(5,6)22-17/h7-10H,1-6H3. The van der Waals surface area contributed by atoms with E-state index < -0.39 is 29.9 Å². The van der Waals surface area contributed by atoms with Crippen molar-refractivity contribution >= 4 is 12.6 Å². The van der Waals surface area contributed by atoms with E-state index in [1.807, 2.05) is 27.7 Å². The lowest BCUT2D eigenvalue weighted by Gasteiger charge is -2.32. The van der Waals surface area contributed by atoms with Crippen LogP contribution in [0.4, 0.5) is 13.2 Å². The predicted molar refractivity (Wildman–Crippen MR) is 81.2 cm³/mol. The smallest absolute Gasteiger partial charge is 0.399 e. The van der Waals surface area contributed by atoms with Gasteiger partial charge >= 0.3 is 13.3 Å². The topological polar surface area (TPSA) is 18.5 Å². The zero-order valence-corrected chi connectivity index (χ0v) is 13.8. The van der Waals surface area contributed by atoms with Crippen LogP contribution in [0.25, 0.3) is 0 Å². The fourth-order valence-corrected chi connectivity index (χ4v) is 2.20. The molecule has 1 aromatic rings. The van der Waals surface area contributed by atoms with E-state index in [0.717, 1.165) is 5.46 Å². The highest BCUT2D eigenvalue weighted by atomic mass is 19.4. The second kappa shape index (κ2) is 5.00. The molecule has 1 aliphatic heterocycles. The molecule has 1 aliphatic rings. The molecule has 2 rings (SSSR count). The van der Waals surface area contributed by atoms with Crippen LogP contribution < -0.4 is 5.46 Å². The Labute approximate surface area is 130 Å². The monoisotopic (exact) mass is 314 g/mol. The summed E-state index contributed by atoms with van der Waals surface area (Å²) < 4.78 is 51.0. The van der Waals surface area contributed by atoms with Crippen molar-refractivity contribution in [2.75, 3.05) is 0 Å². The highest BCUT2D eigenvalue weighted by Gasteiger charge is 2.52. The van der Waals surface area contributed by atoms with Crippen molar-refractivity contribution in [3.05, 3.63) is 29.8 Å². The first-order valence-electron chi connectivity index (χ1n) is 7.31. The molecule has 1 fully saturated rings. The minimum absolute atomic E-state index is 0.222. The van der Waals surface area contributed by atoms with E-state index in [2.05, 4.69) is 0 Å². The Morgan fingerprint density at radius 1 is 0.864 bits per heavy atom. The molecule has 0 amide bonds. The largest absolute Gasteiger partial charge is 0.494 e. The van der Waals surface area contributed by atoms with Crippen molar-refractivity contribution in [3.8, 4) is 0 Å². The third kappa shape index (κ3) is 2.79. The molecule has 22 heavy (non-hydrogen) atoms. The van der Waals surface area contributed by atoms with E-state index in [-0.39, 0.29) is 5.56 Å². The Hall–Kier alpha value is -1.01. The van der Waals surface area contributed by atoms with Crippen LogP contribution in [0.15, 0.2) is 24.3 Å². The fourth-order valence-electron chi connectivity index (χ4n) is 2.20. The summed E-state index contributed by atoms with van der Waals surface area (Å²) in [6.45, 7) is 10.1. The molecule has 1 aromatic carbocycles. The maximum Gasteiger partial charge on any atom is 0.494 e. The minimum atomic E-state index is -4.29. The molecular formula is C16H22BF3O2. The van der Waals surface area contributed by atoms with Crippen molar-refractivity contribution in [1.29, 1.82) is 0 Å². The molecule has 0 aromatic heterocycles. The molecule has 122 valence electrons. The highest BCUT2D eigenvalue weighted by molar-refractivity contribution is 6.62. The van der Waals surface area contributed by atoms with E-state index in [0.29, 0.717) is 0 Å². The van der Waals surface area contributed by atoms with Crippen molar-refractivity contribution in [1.82, 2.24) is 0 Å². The Morgan fingerprint density at radius 3 is 1.64 bits per heavy atom. The van der Waals surface area contributed by atoms with Gasteiger partial charge in [0.15, 0.2) is 0 Å². The maximum absolute atomic E-state index is 13.1. The van der Waals surface area contributed by atoms with Gasteiger partial charge in [0.25, 0.3) is 0 Å². The molecule has 0 aliphatic carbocycles. The lowest BCUT2D eigenvalue weighted by Crippen LogP contribution is -2.41. The van der Waals surface area contributed by atoms with Crippen LogP contribution in [-0.2, 0) is 14.7 Å². The molecule has 0 N–H and O–H groups in total. The quantitative estimate of drug-likeness (QED) is 0.773. The molecule has 0 spiro atoms. The lowest BCUT2D eigenvalue weighted by molar-refractivity contribution is -0.180. The highest BCUT2D eigenvalue weighted by Crippen LogP contribution is 2.40. The van der Waals surface area contributed by atoms with Crippen molar-refractivity contribution in [2.45, 2.75) is 64.3 Å². The Morgan fingerprint density at radius 2 is 1.27 bits per heavy atom. The van der Waals surface area contributed by atoms with Gasteiger partial charge in [0, 0.05) is 0 Å². The SMILES string of the molecule is CC1(C)OB(c2ccc(C(C)(C)C(F)(F)F)cc2)OC1(C)C. The van der Waals surface area contributed by atoms with Gasteiger partial charge in [-0.2, -0.15) is 13.2 Å². The fraction of sp³-hybridized carbons (Fsp3) is 0.625. The molecule has 0 unspecified atom stereocenters. The summed E-state index contributed by atoms with van der Waals surface area (Å²) in [6.07, 6.45) is -4.29. The molecule has 2 nitrogen and oxygen atoms in total. The van der Waals surface area contributed by atoms with Gasteiger partial charge in [-0.05, 0) is 52.6 Å². The summed E-state index contributed by atoms with van der Waals surface area (Å²) in [4.78, 5) is 0. The van der Waals surface area contributed by atoms with Gasteiger partial charge in [0.2, 0.25) is 0 Å². The molecule has 6 heteroatoms. The van der Waals surface area contributed by atoms with Crippen LogP contribution in [0.1, 0.15) is 47.1 Å². The average Bonchev–Trinajstić information content (AvgIpc) is 2.57. The molecule has 1 heterocycles. The summed E-state index contributed by atoms with van der Waals surface area (Å²) in [5.74, 6) is 0. The number of benzene rings is 1. The van der Waals surface area contributed by atoms with Gasteiger partial charge in [-0.1, -0.05) is 24.3 Å². The van der Waals surface area contributed by atoms with Crippen LogP contribution in [-0.4, -0.2) is 24.5 Å². The average molecular weight is 314 g/mol. The van der Waals surface area contributed by atoms with Crippen LogP contribution in [0.3, 0.4) is 0 Å². The van der Waals surface area contributed by atoms with Gasteiger partial charge in [0.1, 0.15) is 0 Å². The van der Waals surface area contributed by atoms with Crippen LogP contribution in [0, 0.1) is 0 Å². The van der Waals surface area contributed by atoms with E-state index >= 15 is 0 Å². The van der Waals surface area contributed by atoms with Gasteiger partial charge in [-0.3, -0.25) is 0 Å². The first kappa shape index (κ1) is 17.4. The van der Waals surface area contributed by atoms with E-state index in [9.17, 15) is 13.2 Å². The number of rotatable bonds is 2. The lowest BCUT2D eigenvalue weighted by atomic mass is 9.76. The number of alkyl halides is 3. The molecule has 1 saturated heterocycles. The third-order valence-electron chi connectivity index (χ3n) is 4.87. The predicted octanol–water partition coefficient (Wildman–Crippen LogP) is 3.83. The van der Waals surface area contributed by atoms with Gasteiger partial charge in [0.05, 0.1) is 16.6 Å². The zero-order valence-electron chi connectivity index (χ0n) is 13.8. The van der Waals surface area contributed by atoms with Crippen molar-refractivity contribution < 1.29 is 22.5 Å². The third-order valence-corrected chi connectivity index (χ3v) is 4.87. The molecular weight excluding hydrogens is 292 g/mol. The van der Waals surface area contributed by atoms with Crippen LogP contribution >= 0.6 is 0 Å². The summed E-state index contributed by atoms with van der Waals surface area (Å²) in [5.41, 5.74) is -1.88. The molecule has 0 radical (unpaired) electrons. The summed E-state index contributed by atoms with van der Waals surface area (Å²) >= 11 is 0. The summed E-state index contributed by atoms with van der Waals surface area (Å²) in [5, 5.41) is 0. The molecule has 0 saturated carbocycles. The van der Waals surface area contributed by atoms with Gasteiger partial charge in [-0.15, -0.1) is 0 Å². The second-order valence-corrected chi connectivity index (χ2v) is 7.33. The molecule has 0 atom stereocenters. The van der Waals surface area contributed by atoms with E-state index in [1.54, 1.807) is 12.1 Å². The summed E-state index contributed by atoms with van der Waals surface area (Å²) in [6, 6.07) is 6.28. The Kier molecular flexibility index (Phi) is 3.94. The normalized spacial score (nSPS) is 21.2. The second-order valence-electron chi connectivity index (χ2n) is 7.33. The van der Waals surface area contributed by atoms with Crippen LogP contribution in [0.2, 0.25) is 0 Å². The Bertz CT molecular complexity index is 532. The number of hydrogen-bond donors (Lipinski definition) is 0. The first-order chi connectivity index (χ1) is 9.78. The van der Waals surface area contributed by atoms with Crippen LogP contribution in [0.5, 0.6) is 0 Å². The summed E-state index contributed by atoms with van der Waals surface area (Å²) in [7, 11) is -0.562. The van der Waals surface area contributed by atoms with Gasteiger partial charge < -0.3 is 9.31 Å². The first-order valence-corrected chi connectivity index (χ1v) is 7.31. The minimum Gasteiger partial charge on any atom is -0.399 e. The van der Waals surface area contributed by atoms with Crippen molar-refractivity contribution in [3.63, 3.8) is 0 Å². The van der Waals surface area contributed by atoms with Gasteiger partial charge in [-0.25, -0.2) is 0 Å². The molecule has 0 bridgehead atoms. The van der Waals surface area contributed by atoms with E-state index in [1.165, 1.54) is 26.0 Å². The number of hydrogen-bond acceptors (Lipinski definition) is 2. The van der Waals surface area contributed by atoms with E-state index in [4.69, 9.17) is 9.31 Å². The number of halogens is 3. The van der Waals surface area contributed by atoms with Crippen molar-refractivity contribution in [2.24, 2.45) is 0 Å². The zero-order chi connectivity index (χ0) is 17.0. The Balaban J connectivity index is 2.25.